The molecule has 1 aromatic carbocycles. The van der Waals surface area contributed by atoms with Gasteiger partial charge in [0.2, 0.25) is 0 Å². The minimum Gasteiger partial charge on any atom is -0.468 e. The van der Waals surface area contributed by atoms with Gasteiger partial charge in [-0.05, 0) is 37.1 Å². The second kappa shape index (κ2) is 5.39. The Balaban J connectivity index is 2.01. The normalized spacial score (nSPS) is 12.6. The zero-order valence-electron chi connectivity index (χ0n) is 10.0. The van der Waals surface area contributed by atoms with E-state index in [4.69, 9.17) is 16.0 Å². The molecule has 17 heavy (non-hydrogen) atoms. The van der Waals surface area contributed by atoms with Crippen molar-refractivity contribution in [2.45, 2.75) is 26.4 Å². The Labute approximate surface area is 107 Å². The van der Waals surface area contributed by atoms with E-state index in [-0.39, 0.29) is 6.04 Å². The molecule has 2 nitrogen and oxygen atoms in total. The minimum absolute atomic E-state index is 0.202. The van der Waals surface area contributed by atoms with Gasteiger partial charge in [-0.1, -0.05) is 29.8 Å². The van der Waals surface area contributed by atoms with E-state index in [1.807, 2.05) is 37.3 Å². The van der Waals surface area contributed by atoms with Gasteiger partial charge in [-0.2, -0.15) is 0 Å². The Bertz CT molecular complexity index is 492. The van der Waals surface area contributed by atoms with Crippen LogP contribution in [0.4, 0.5) is 0 Å². The summed E-state index contributed by atoms with van der Waals surface area (Å²) < 4.78 is 5.39. The lowest BCUT2D eigenvalue weighted by Gasteiger charge is -2.15. The quantitative estimate of drug-likeness (QED) is 0.883. The first-order valence-corrected chi connectivity index (χ1v) is 6.07. The van der Waals surface area contributed by atoms with E-state index in [0.29, 0.717) is 6.54 Å². The van der Waals surface area contributed by atoms with Gasteiger partial charge in [-0.25, -0.2) is 0 Å². The first kappa shape index (κ1) is 12.2. The van der Waals surface area contributed by atoms with Crippen LogP contribution < -0.4 is 5.32 Å². The summed E-state index contributed by atoms with van der Waals surface area (Å²) in [5, 5.41) is 4.20. The number of furan rings is 1. The predicted octanol–water partition coefficient (Wildman–Crippen LogP) is 4.09. The maximum absolute atomic E-state index is 6.15. The predicted molar refractivity (Wildman–Crippen MR) is 70.2 cm³/mol. The summed E-state index contributed by atoms with van der Waals surface area (Å²) in [7, 11) is 0. The topological polar surface area (TPSA) is 25.2 Å². The van der Waals surface area contributed by atoms with Crippen LogP contribution >= 0.6 is 11.6 Å². The largest absolute Gasteiger partial charge is 0.468 e. The Kier molecular flexibility index (Phi) is 3.87. The van der Waals surface area contributed by atoms with Gasteiger partial charge in [0.1, 0.15) is 5.76 Å². The molecule has 1 aromatic heterocycles. The zero-order chi connectivity index (χ0) is 12.3. The van der Waals surface area contributed by atoms with Crippen molar-refractivity contribution in [3.63, 3.8) is 0 Å². The number of hydrogen-bond acceptors (Lipinski definition) is 2. The standard InChI is InChI=1S/C14H16ClNO/c1-10-7-8-17-14(10)9-16-11(2)12-5-3-4-6-13(12)15/h3-8,11,16H,9H2,1-2H3/t11-/m0/s1. The molecule has 0 saturated carbocycles. The van der Waals surface area contributed by atoms with Crippen molar-refractivity contribution in [1.82, 2.24) is 5.32 Å². The van der Waals surface area contributed by atoms with Gasteiger partial charge in [0.25, 0.3) is 0 Å². The summed E-state index contributed by atoms with van der Waals surface area (Å²) in [6, 6.07) is 10.1. The Morgan fingerprint density at radius 2 is 2.06 bits per heavy atom. The summed E-state index contributed by atoms with van der Waals surface area (Å²) in [5.74, 6) is 0.976. The fraction of sp³-hybridized carbons (Fsp3) is 0.286. The molecule has 0 amide bonds. The van der Waals surface area contributed by atoms with Crippen molar-refractivity contribution in [3.05, 3.63) is 58.5 Å². The number of benzene rings is 1. The SMILES string of the molecule is Cc1ccoc1CN[C@@H](C)c1ccccc1Cl. The molecule has 0 aliphatic rings. The zero-order valence-corrected chi connectivity index (χ0v) is 10.8. The van der Waals surface area contributed by atoms with Crippen molar-refractivity contribution >= 4 is 11.6 Å². The molecule has 0 spiro atoms. The molecule has 1 atom stereocenters. The van der Waals surface area contributed by atoms with Gasteiger partial charge in [-0.15, -0.1) is 0 Å². The average molecular weight is 250 g/mol. The Hall–Kier alpha value is -1.25. The van der Waals surface area contributed by atoms with E-state index < -0.39 is 0 Å². The van der Waals surface area contributed by atoms with Crippen LogP contribution in [0.1, 0.15) is 29.9 Å². The van der Waals surface area contributed by atoms with Crippen LogP contribution in [0, 0.1) is 6.92 Å². The van der Waals surface area contributed by atoms with E-state index in [2.05, 4.69) is 12.2 Å². The summed E-state index contributed by atoms with van der Waals surface area (Å²) in [6.45, 7) is 4.85. The van der Waals surface area contributed by atoms with Crippen molar-refractivity contribution in [2.24, 2.45) is 0 Å². The van der Waals surface area contributed by atoms with E-state index in [1.165, 1.54) is 5.56 Å². The van der Waals surface area contributed by atoms with Gasteiger partial charge in [-0.3, -0.25) is 0 Å². The van der Waals surface area contributed by atoms with Gasteiger partial charge < -0.3 is 9.73 Å². The summed E-state index contributed by atoms with van der Waals surface area (Å²) in [5.41, 5.74) is 2.28. The number of rotatable bonds is 4. The van der Waals surface area contributed by atoms with Gasteiger partial charge in [0.15, 0.2) is 0 Å². The average Bonchev–Trinajstić information content (AvgIpc) is 2.72. The minimum atomic E-state index is 0.202. The maximum atomic E-state index is 6.15. The lowest BCUT2D eigenvalue weighted by molar-refractivity contribution is 0.458. The monoisotopic (exact) mass is 249 g/mol. The van der Waals surface area contributed by atoms with E-state index in [0.717, 1.165) is 16.3 Å². The molecule has 2 rings (SSSR count). The van der Waals surface area contributed by atoms with Crippen LogP contribution in [-0.2, 0) is 6.54 Å². The molecule has 2 aromatic rings. The van der Waals surface area contributed by atoms with Crippen LogP contribution in [0.5, 0.6) is 0 Å². The first-order valence-electron chi connectivity index (χ1n) is 5.69. The van der Waals surface area contributed by atoms with E-state index in [9.17, 15) is 0 Å². The molecule has 0 bridgehead atoms. The molecule has 90 valence electrons. The number of aryl methyl sites for hydroxylation is 1. The molecule has 0 radical (unpaired) electrons. The number of nitrogens with one attached hydrogen (secondary N) is 1. The third-order valence-electron chi connectivity index (χ3n) is 2.91. The summed E-state index contributed by atoms with van der Waals surface area (Å²) >= 11 is 6.15. The van der Waals surface area contributed by atoms with Crippen LogP contribution in [0.3, 0.4) is 0 Å². The van der Waals surface area contributed by atoms with Crippen molar-refractivity contribution in [3.8, 4) is 0 Å². The maximum Gasteiger partial charge on any atom is 0.120 e. The van der Waals surface area contributed by atoms with Crippen LogP contribution in [-0.4, -0.2) is 0 Å². The number of halogens is 1. The van der Waals surface area contributed by atoms with Gasteiger partial charge >= 0.3 is 0 Å². The highest BCUT2D eigenvalue weighted by molar-refractivity contribution is 6.31. The highest BCUT2D eigenvalue weighted by Crippen LogP contribution is 2.22. The molecule has 0 saturated heterocycles. The molecule has 3 heteroatoms. The molecule has 0 aliphatic heterocycles. The summed E-state index contributed by atoms with van der Waals surface area (Å²) in [4.78, 5) is 0. The molecule has 0 aliphatic carbocycles. The van der Waals surface area contributed by atoms with E-state index >= 15 is 0 Å². The van der Waals surface area contributed by atoms with Crippen LogP contribution in [0.2, 0.25) is 5.02 Å². The molecule has 1 heterocycles. The third-order valence-corrected chi connectivity index (χ3v) is 3.25. The first-order chi connectivity index (χ1) is 8.18. The van der Waals surface area contributed by atoms with Crippen LogP contribution in [0.15, 0.2) is 41.0 Å². The van der Waals surface area contributed by atoms with Crippen molar-refractivity contribution in [1.29, 1.82) is 0 Å². The molecule has 0 fully saturated rings. The van der Waals surface area contributed by atoms with Crippen LogP contribution in [0.25, 0.3) is 0 Å². The molecule has 0 unspecified atom stereocenters. The Morgan fingerprint density at radius 3 is 2.71 bits per heavy atom. The van der Waals surface area contributed by atoms with Gasteiger partial charge in [0, 0.05) is 11.1 Å². The van der Waals surface area contributed by atoms with E-state index in [1.54, 1.807) is 6.26 Å². The molecule has 1 N–H and O–H groups in total. The molecular weight excluding hydrogens is 234 g/mol. The Morgan fingerprint density at radius 1 is 1.29 bits per heavy atom. The second-order valence-electron chi connectivity index (χ2n) is 4.15. The lowest BCUT2D eigenvalue weighted by atomic mass is 10.1. The highest BCUT2D eigenvalue weighted by atomic mass is 35.5. The fourth-order valence-corrected chi connectivity index (χ4v) is 2.07. The van der Waals surface area contributed by atoms with Crippen molar-refractivity contribution in [2.75, 3.05) is 0 Å². The third kappa shape index (κ3) is 2.90. The van der Waals surface area contributed by atoms with Crippen molar-refractivity contribution < 1.29 is 4.42 Å². The highest BCUT2D eigenvalue weighted by Gasteiger charge is 2.09. The fourth-order valence-electron chi connectivity index (χ4n) is 1.77. The smallest absolute Gasteiger partial charge is 0.120 e. The summed E-state index contributed by atoms with van der Waals surface area (Å²) in [6.07, 6.45) is 1.71. The van der Waals surface area contributed by atoms with Gasteiger partial charge in [0.05, 0.1) is 12.8 Å². The lowest BCUT2D eigenvalue weighted by Crippen LogP contribution is -2.18. The number of hydrogen-bond donors (Lipinski definition) is 1. The molecular formula is C14H16ClNO. The second-order valence-corrected chi connectivity index (χ2v) is 4.56.